The van der Waals surface area contributed by atoms with E-state index < -0.39 is 54.0 Å². The maximum atomic E-state index is 13.7. The van der Waals surface area contributed by atoms with Gasteiger partial charge in [-0.25, -0.2) is 4.79 Å². The maximum Gasteiger partial charge on any atom is 0.326 e. The second-order valence-electron chi connectivity index (χ2n) is 11.2. The molecule has 0 fully saturated rings. The second kappa shape index (κ2) is 15.3. The number of aliphatic hydroxyl groups excluding tert-OH is 1. The Bertz CT molecular complexity index is 1630. The van der Waals surface area contributed by atoms with E-state index in [4.69, 9.17) is 11.5 Å². The van der Waals surface area contributed by atoms with Crippen molar-refractivity contribution in [3.05, 3.63) is 72.1 Å². The van der Waals surface area contributed by atoms with Gasteiger partial charge in [0.2, 0.25) is 17.7 Å². The van der Waals surface area contributed by atoms with Crippen molar-refractivity contribution in [1.29, 1.82) is 0 Å². The van der Waals surface area contributed by atoms with Gasteiger partial charge in [0.05, 0.1) is 12.1 Å². The number of amides is 3. The number of aromatic amines is 2. The molecule has 0 radical (unpaired) electrons. The molecular weight excluding hydrogens is 578 g/mol. The third-order valence-electron chi connectivity index (χ3n) is 7.81. The first-order valence-electron chi connectivity index (χ1n) is 15.0. The number of hydrogen-bond acceptors (Lipinski definition) is 7. The van der Waals surface area contributed by atoms with Gasteiger partial charge in [0.25, 0.3) is 0 Å². The van der Waals surface area contributed by atoms with Crippen LogP contribution >= 0.6 is 0 Å². The highest BCUT2D eigenvalue weighted by atomic mass is 16.4. The molecule has 0 aliphatic rings. The summed E-state index contributed by atoms with van der Waals surface area (Å²) < 4.78 is 0. The number of aliphatic hydroxyl groups is 1. The van der Waals surface area contributed by atoms with Crippen molar-refractivity contribution < 1.29 is 29.4 Å². The molecule has 11 N–H and O–H groups in total. The zero-order chi connectivity index (χ0) is 32.5. The van der Waals surface area contributed by atoms with Crippen LogP contribution in [0.5, 0.6) is 0 Å². The number of carboxylic acids is 1. The van der Waals surface area contributed by atoms with Gasteiger partial charge in [-0.3, -0.25) is 14.4 Å². The summed E-state index contributed by atoms with van der Waals surface area (Å²) in [7, 11) is 0. The summed E-state index contributed by atoms with van der Waals surface area (Å²) in [6, 6.07) is 10.2. The largest absolute Gasteiger partial charge is 0.480 e. The molecule has 0 aliphatic carbocycles. The Morgan fingerprint density at radius 3 is 1.89 bits per heavy atom. The molecule has 0 saturated heterocycles. The number of unbranched alkanes of at least 4 members (excludes halogenated alkanes) is 1. The molecule has 45 heavy (non-hydrogen) atoms. The number of benzene rings is 2. The third-order valence-corrected chi connectivity index (χ3v) is 7.81. The number of carbonyl (C=O) groups excluding carboxylic acids is 3. The Morgan fingerprint density at radius 1 is 0.778 bits per heavy atom. The maximum absolute atomic E-state index is 13.7. The van der Waals surface area contributed by atoms with Crippen LogP contribution in [0.3, 0.4) is 0 Å². The predicted octanol–water partition coefficient (Wildman–Crippen LogP) is 0.811. The first-order valence-corrected chi connectivity index (χ1v) is 15.0. The minimum atomic E-state index is -1.49. The number of fused-ring (bicyclic) bond motifs is 2. The van der Waals surface area contributed by atoms with Gasteiger partial charge < -0.3 is 47.6 Å². The summed E-state index contributed by atoms with van der Waals surface area (Å²) >= 11 is 0. The van der Waals surface area contributed by atoms with Crippen LogP contribution < -0.4 is 27.4 Å². The van der Waals surface area contributed by atoms with E-state index in [-0.39, 0.29) is 19.3 Å². The standard InChI is InChI=1S/C32H41N7O6/c1-18(40)28(31(43)37-26(32(44)45)12-6-7-13-33)39-30(42)27(15-20-17-36-25-11-5-3-9-22(20)25)38-29(41)23(34)14-19-16-35-24-10-4-2-8-21(19)24/h2-5,8-11,16-18,23,26-28,35-36,40H,6-7,12-15,33-34H2,1H3,(H,37,43)(H,38,41)(H,39,42)(H,44,45). The van der Waals surface area contributed by atoms with Gasteiger partial charge >= 0.3 is 5.97 Å². The average Bonchev–Trinajstić information content (AvgIpc) is 3.62. The monoisotopic (exact) mass is 619 g/mol. The number of para-hydroxylation sites is 2. The van der Waals surface area contributed by atoms with E-state index in [1.54, 1.807) is 12.4 Å². The summed E-state index contributed by atoms with van der Waals surface area (Å²) in [6.45, 7) is 1.68. The fourth-order valence-corrected chi connectivity index (χ4v) is 5.31. The van der Waals surface area contributed by atoms with Crippen molar-refractivity contribution in [3.8, 4) is 0 Å². The summed E-state index contributed by atoms with van der Waals surface area (Å²) in [5, 5.41) is 29.4. The molecule has 2 aromatic carbocycles. The topological polar surface area (TPSA) is 228 Å². The molecule has 0 spiro atoms. The van der Waals surface area contributed by atoms with Crippen LogP contribution in [0.4, 0.5) is 0 Å². The van der Waals surface area contributed by atoms with Gasteiger partial charge in [0.1, 0.15) is 18.1 Å². The number of rotatable bonds is 16. The Labute approximate surface area is 260 Å². The number of hydrogen-bond donors (Lipinski definition) is 9. The van der Waals surface area contributed by atoms with Crippen molar-refractivity contribution in [1.82, 2.24) is 25.9 Å². The van der Waals surface area contributed by atoms with Crippen LogP contribution in [0.1, 0.15) is 37.3 Å². The minimum Gasteiger partial charge on any atom is -0.480 e. The Kier molecular flexibility index (Phi) is 11.3. The molecule has 4 aromatic rings. The van der Waals surface area contributed by atoms with Crippen molar-refractivity contribution in [3.63, 3.8) is 0 Å². The molecule has 0 aliphatic heterocycles. The Morgan fingerprint density at radius 2 is 1.33 bits per heavy atom. The van der Waals surface area contributed by atoms with E-state index in [2.05, 4.69) is 25.9 Å². The molecule has 13 heteroatoms. The van der Waals surface area contributed by atoms with Crippen LogP contribution in [-0.4, -0.2) is 80.7 Å². The molecule has 4 rings (SSSR count). The van der Waals surface area contributed by atoms with Gasteiger partial charge in [-0.15, -0.1) is 0 Å². The molecule has 240 valence electrons. The van der Waals surface area contributed by atoms with E-state index in [9.17, 15) is 29.4 Å². The summed E-state index contributed by atoms with van der Waals surface area (Å²) in [5.41, 5.74) is 15.1. The first kappa shape index (κ1) is 33.2. The number of carbonyl (C=O) groups is 4. The van der Waals surface area contributed by atoms with Crippen LogP contribution in [0, 0.1) is 0 Å². The molecule has 13 nitrogen and oxygen atoms in total. The van der Waals surface area contributed by atoms with E-state index in [1.807, 2.05) is 48.5 Å². The smallest absolute Gasteiger partial charge is 0.326 e. The molecule has 2 heterocycles. The molecule has 0 bridgehead atoms. The van der Waals surface area contributed by atoms with Gasteiger partial charge in [0.15, 0.2) is 0 Å². The molecule has 3 amide bonds. The SMILES string of the molecule is CC(O)C(NC(=O)C(Cc1c[nH]c2ccccc12)NC(=O)C(N)Cc1c[nH]c2ccccc12)C(=O)NC(CCCCN)C(=O)O. The normalized spacial score (nSPS) is 14.8. The van der Waals surface area contributed by atoms with Crippen molar-refractivity contribution >= 4 is 45.5 Å². The van der Waals surface area contributed by atoms with Crippen molar-refractivity contribution in [2.75, 3.05) is 6.54 Å². The Balaban J connectivity index is 1.52. The van der Waals surface area contributed by atoms with Gasteiger partial charge in [-0.05, 0) is 62.4 Å². The number of H-pyrrole nitrogens is 2. The van der Waals surface area contributed by atoms with Gasteiger partial charge in [0, 0.05) is 40.6 Å². The lowest BCUT2D eigenvalue weighted by molar-refractivity contribution is -0.143. The molecule has 5 atom stereocenters. The van der Waals surface area contributed by atoms with E-state index in [0.717, 1.165) is 32.9 Å². The van der Waals surface area contributed by atoms with Crippen molar-refractivity contribution in [2.24, 2.45) is 11.5 Å². The highest BCUT2D eigenvalue weighted by molar-refractivity contribution is 5.95. The lowest BCUT2D eigenvalue weighted by Gasteiger charge is -2.26. The first-order chi connectivity index (χ1) is 21.6. The van der Waals surface area contributed by atoms with Gasteiger partial charge in [-0.1, -0.05) is 36.4 Å². The summed E-state index contributed by atoms with van der Waals surface area (Å²) in [6.07, 6.45) is 3.59. The predicted molar refractivity (Wildman–Crippen MR) is 170 cm³/mol. The van der Waals surface area contributed by atoms with E-state index >= 15 is 0 Å². The number of aliphatic carboxylic acids is 1. The number of aromatic nitrogens is 2. The Hall–Kier alpha value is -4.72. The lowest BCUT2D eigenvalue weighted by atomic mass is 10.0. The molecular formula is C32H41N7O6. The van der Waals surface area contributed by atoms with Crippen LogP contribution in [0.2, 0.25) is 0 Å². The highest BCUT2D eigenvalue weighted by Gasteiger charge is 2.33. The van der Waals surface area contributed by atoms with Crippen LogP contribution in [0.25, 0.3) is 21.8 Å². The highest BCUT2D eigenvalue weighted by Crippen LogP contribution is 2.21. The second-order valence-corrected chi connectivity index (χ2v) is 11.2. The number of nitrogens with one attached hydrogen (secondary N) is 5. The zero-order valence-electron chi connectivity index (χ0n) is 25.1. The fourth-order valence-electron chi connectivity index (χ4n) is 5.31. The lowest BCUT2D eigenvalue weighted by Crippen LogP contribution is -2.60. The third kappa shape index (κ3) is 8.47. The number of nitrogens with two attached hydrogens (primary N) is 2. The molecule has 0 saturated carbocycles. The minimum absolute atomic E-state index is 0.0480. The van der Waals surface area contributed by atoms with Crippen LogP contribution in [0.15, 0.2) is 60.9 Å². The van der Waals surface area contributed by atoms with Crippen LogP contribution in [-0.2, 0) is 32.0 Å². The number of carboxylic acid groups (broad SMARTS) is 1. The summed E-state index contributed by atoms with van der Waals surface area (Å²) in [4.78, 5) is 58.2. The average molecular weight is 620 g/mol. The quantitative estimate of drug-likeness (QED) is 0.0813. The molecule has 5 unspecified atom stereocenters. The van der Waals surface area contributed by atoms with Crippen molar-refractivity contribution in [2.45, 2.75) is 69.3 Å². The van der Waals surface area contributed by atoms with E-state index in [0.29, 0.717) is 19.4 Å². The summed E-state index contributed by atoms with van der Waals surface area (Å²) in [5.74, 6) is -3.44. The van der Waals surface area contributed by atoms with E-state index in [1.165, 1.54) is 6.92 Å². The fraction of sp³-hybridized carbons (Fsp3) is 0.375. The zero-order valence-corrected chi connectivity index (χ0v) is 25.1. The van der Waals surface area contributed by atoms with Gasteiger partial charge in [-0.2, -0.15) is 0 Å². The molecule has 2 aromatic heterocycles.